The number of nitrogens with one attached hydrogen (secondary N) is 2. The minimum atomic E-state index is -0.279. The van der Waals surface area contributed by atoms with Gasteiger partial charge in [0.15, 0.2) is 6.67 Å². The number of hydrogen-bond donors (Lipinski definition) is 2. The molecule has 1 heterocycles. The SMILES string of the molecule is O=C1[N+]=CNCN1. The standard InChI is InChI=1S/C3H5N3O/c7-3-5-1-4-2-6-3/h1,4H,2H2,(H,6,7)/q+1. The first-order valence-electron chi connectivity index (χ1n) is 1.93. The quantitative estimate of drug-likeness (QED) is 0.393. The van der Waals surface area contributed by atoms with Crippen LogP contribution >= 0.6 is 0 Å². The molecule has 0 fully saturated rings. The fraction of sp³-hybridized carbons (Fsp3) is 0.333. The van der Waals surface area contributed by atoms with Crippen molar-refractivity contribution in [1.29, 1.82) is 0 Å². The van der Waals surface area contributed by atoms with E-state index in [1.165, 1.54) is 6.34 Å². The molecule has 1 rings (SSSR count). The molecular weight excluding hydrogens is 94.1 g/mol. The summed E-state index contributed by atoms with van der Waals surface area (Å²) in [5.74, 6) is 0. The van der Waals surface area contributed by atoms with Gasteiger partial charge >= 0.3 is 6.03 Å². The number of aliphatic imine (C=N–C) groups is 1. The Labute approximate surface area is 40.6 Å². The van der Waals surface area contributed by atoms with Crippen molar-refractivity contribution in [2.24, 2.45) is 0 Å². The Kier molecular flexibility index (Phi) is 0.934. The summed E-state index contributed by atoms with van der Waals surface area (Å²) >= 11 is 0. The summed E-state index contributed by atoms with van der Waals surface area (Å²) in [7, 11) is 0. The fourth-order valence-corrected chi connectivity index (χ4v) is 0.322. The number of rotatable bonds is 0. The third-order valence-electron chi connectivity index (χ3n) is 0.615. The van der Waals surface area contributed by atoms with E-state index >= 15 is 0 Å². The lowest BCUT2D eigenvalue weighted by Gasteiger charge is -1.94. The fourth-order valence-electron chi connectivity index (χ4n) is 0.322. The summed E-state index contributed by atoms with van der Waals surface area (Å²) in [4.78, 5) is 13.5. The maximum atomic E-state index is 10.1. The van der Waals surface area contributed by atoms with Crippen molar-refractivity contribution in [3.8, 4) is 0 Å². The molecule has 37 valence electrons. The summed E-state index contributed by atoms with van der Waals surface area (Å²) in [5, 5.41) is 5.13. The zero-order valence-electron chi connectivity index (χ0n) is 3.64. The molecule has 0 atom stereocenters. The highest BCUT2D eigenvalue weighted by Crippen LogP contribution is 1.60. The summed E-state index contributed by atoms with van der Waals surface area (Å²) < 4.78 is 0. The zero-order valence-corrected chi connectivity index (χ0v) is 3.64. The molecule has 7 heavy (non-hydrogen) atoms. The van der Waals surface area contributed by atoms with Gasteiger partial charge in [-0.2, -0.15) is 0 Å². The molecule has 4 heteroatoms. The van der Waals surface area contributed by atoms with Crippen molar-refractivity contribution < 1.29 is 4.79 Å². The first-order valence-corrected chi connectivity index (χ1v) is 1.93. The van der Waals surface area contributed by atoms with Crippen molar-refractivity contribution in [2.75, 3.05) is 6.67 Å². The van der Waals surface area contributed by atoms with Gasteiger partial charge in [0, 0.05) is 0 Å². The van der Waals surface area contributed by atoms with E-state index in [2.05, 4.69) is 15.6 Å². The van der Waals surface area contributed by atoms with Crippen LogP contribution in [0.15, 0.2) is 0 Å². The highest BCUT2D eigenvalue weighted by atomic mass is 16.2. The predicted octanol–water partition coefficient (Wildman–Crippen LogP) is -1.38. The Morgan fingerprint density at radius 3 is 3.00 bits per heavy atom. The number of nitrogens with zero attached hydrogens (tertiary/aromatic N) is 1. The van der Waals surface area contributed by atoms with Gasteiger partial charge in [0.1, 0.15) is 0 Å². The van der Waals surface area contributed by atoms with E-state index in [0.717, 1.165) is 0 Å². The van der Waals surface area contributed by atoms with E-state index in [9.17, 15) is 4.79 Å². The number of carbonyl (C=O) groups excluding carboxylic acids is 1. The summed E-state index contributed by atoms with van der Waals surface area (Å²) in [5.41, 5.74) is 0. The molecule has 0 saturated carbocycles. The Balaban J connectivity index is 2.51. The van der Waals surface area contributed by atoms with Gasteiger partial charge in [-0.05, 0) is 4.99 Å². The van der Waals surface area contributed by atoms with Crippen LogP contribution in [0.25, 0.3) is 0 Å². The first kappa shape index (κ1) is 4.11. The number of hydrogen-bond acceptors (Lipinski definition) is 2. The van der Waals surface area contributed by atoms with Crippen LogP contribution < -0.4 is 15.6 Å². The van der Waals surface area contributed by atoms with Gasteiger partial charge in [-0.25, -0.2) is 10.1 Å². The molecule has 1 radical (unpaired) electrons. The molecule has 1 aliphatic rings. The minimum absolute atomic E-state index is 0.279. The molecule has 2 N–H and O–H groups in total. The van der Waals surface area contributed by atoms with Crippen molar-refractivity contribution in [2.45, 2.75) is 0 Å². The van der Waals surface area contributed by atoms with E-state index in [1.54, 1.807) is 0 Å². The van der Waals surface area contributed by atoms with Gasteiger partial charge in [0.2, 0.25) is 6.34 Å². The molecule has 0 saturated heterocycles. The molecule has 2 amide bonds. The zero-order chi connectivity index (χ0) is 5.11. The second kappa shape index (κ2) is 1.59. The topological polar surface area (TPSA) is 55.2 Å². The van der Waals surface area contributed by atoms with Crippen LogP contribution in [-0.2, 0) is 0 Å². The van der Waals surface area contributed by atoms with Crippen molar-refractivity contribution in [3.05, 3.63) is 0 Å². The van der Waals surface area contributed by atoms with Gasteiger partial charge in [-0.15, -0.1) is 0 Å². The Hall–Kier alpha value is -1.06. The average Bonchev–Trinajstić information content (AvgIpc) is 1.69. The lowest BCUT2D eigenvalue weighted by atomic mass is 10.8. The van der Waals surface area contributed by atoms with Crippen molar-refractivity contribution >= 4 is 12.4 Å². The van der Waals surface area contributed by atoms with Crippen LogP contribution in [0, 0.1) is 0 Å². The van der Waals surface area contributed by atoms with Gasteiger partial charge in [0.25, 0.3) is 0 Å². The lowest BCUT2D eigenvalue weighted by Crippen LogP contribution is -2.41. The molecule has 0 aliphatic carbocycles. The lowest BCUT2D eigenvalue weighted by molar-refractivity contribution is 0.245. The van der Waals surface area contributed by atoms with Gasteiger partial charge in [-0.1, -0.05) is 0 Å². The third kappa shape index (κ3) is 0.887. The summed E-state index contributed by atoms with van der Waals surface area (Å²) in [6.07, 6.45) is 1.37. The van der Waals surface area contributed by atoms with E-state index in [0.29, 0.717) is 6.67 Å². The Bertz CT molecular complexity index is 109. The van der Waals surface area contributed by atoms with E-state index in [1.807, 2.05) is 0 Å². The normalized spacial score (nSPS) is 18.0. The third-order valence-corrected chi connectivity index (χ3v) is 0.615. The van der Waals surface area contributed by atoms with Crippen LogP contribution in [0.2, 0.25) is 0 Å². The van der Waals surface area contributed by atoms with Crippen LogP contribution in [0.3, 0.4) is 0 Å². The molecule has 1 aliphatic heterocycles. The number of carbonyl (C=O) groups is 1. The van der Waals surface area contributed by atoms with Gasteiger partial charge in [0.05, 0.1) is 0 Å². The molecule has 0 spiro atoms. The van der Waals surface area contributed by atoms with E-state index < -0.39 is 0 Å². The second-order valence-corrected chi connectivity index (χ2v) is 1.12. The minimum Gasteiger partial charge on any atom is -0.279 e. The molecule has 0 aromatic rings. The van der Waals surface area contributed by atoms with E-state index in [-0.39, 0.29) is 6.03 Å². The van der Waals surface area contributed by atoms with Gasteiger partial charge in [-0.3, -0.25) is 5.32 Å². The number of urea groups is 1. The first-order chi connectivity index (χ1) is 3.39. The average molecular weight is 99.1 g/mol. The van der Waals surface area contributed by atoms with Crippen LogP contribution in [0.1, 0.15) is 0 Å². The highest BCUT2D eigenvalue weighted by molar-refractivity contribution is 5.81. The van der Waals surface area contributed by atoms with Gasteiger partial charge < -0.3 is 0 Å². The monoisotopic (exact) mass is 99.0 g/mol. The predicted molar refractivity (Wildman–Crippen MR) is 24.7 cm³/mol. The smallest absolute Gasteiger partial charge is 0.279 e. The van der Waals surface area contributed by atoms with Crippen LogP contribution in [0.5, 0.6) is 0 Å². The molecule has 0 unspecified atom stereocenters. The molecule has 0 aromatic carbocycles. The van der Waals surface area contributed by atoms with Crippen molar-refractivity contribution in [3.63, 3.8) is 0 Å². The Morgan fingerprint density at radius 2 is 2.71 bits per heavy atom. The summed E-state index contributed by atoms with van der Waals surface area (Å²) in [6.45, 7) is 0.488. The highest BCUT2D eigenvalue weighted by Gasteiger charge is 2.06. The molecule has 0 bridgehead atoms. The molecule has 0 aromatic heterocycles. The maximum absolute atomic E-state index is 10.1. The maximum Gasteiger partial charge on any atom is 0.472 e. The van der Waals surface area contributed by atoms with Crippen LogP contribution in [0.4, 0.5) is 4.79 Å². The molecule has 4 nitrogen and oxygen atoms in total. The van der Waals surface area contributed by atoms with Crippen LogP contribution in [-0.4, -0.2) is 19.0 Å². The largest absolute Gasteiger partial charge is 0.472 e. The van der Waals surface area contributed by atoms with Crippen molar-refractivity contribution in [1.82, 2.24) is 15.6 Å². The summed E-state index contributed by atoms with van der Waals surface area (Å²) in [6, 6.07) is -0.279. The second-order valence-electron chi connectivity index (χ2n) is 1.12. The van der Waals surface area contributed by atoms with E-state index in [4.69, 9.17) is 0 Å². The molecular formula is C3H5N3O+. The number of amides is 2. The Morgan fingerprint density at radius 1 is 1.86 bits per heavy atom.